The Kier molecular flexibility index (Phi) is 5.83. The smallest absolute Gasteiger partial charge is 0.270 e. The van der Waals surface area contributed by atoms with E-state index in [9.17, 15) is 14.0 Å². The zero-order chi connectivity index (χ0) is 22.8. The van der Waals surface area contributed by atoms with E-state index >= 15 is 0 Å². The van der Waals surface area contributed by atoms with E-state index in [0.29, 0.717) is 23.1 Å². The summed E-state index contributed by atoms with van der Waals surface area (Å²) in [6, 6.07) is 11.6. The molecule has 3 heterocycles. The molecule has 1 fully saturated rings. The summed E-state index contributed by atoms with van der Waals surface area (Å²) < 4.78 is 15.9. The highest BCUT2D eigenvalue weighted by molar-refractivity contribution is 5.92. The summed E-state index contributed by atoms with van der Waals surface area (Å²) in [6.07, 6.45) is 6.98. The minimum Gasteiger partial charge on any atom is -0.347 e. The minimum atomic E-state index is -0.460. The lowest BCUT2D eigenvalue weighted by Gasteiger charge is -2.25. The average Bonchev–Trinajstić information content (AvgIpc) is 2.79. The maximum atomic E-state index is 14.5. The van der Waals surface area contributed by atoms with Gasteiger partial charge in [0.1, 0.15) is 22.7 Å². The number of aromatic nitrogens is 3. The molecule has 4 aromatic rings. The molecule has 0 saturated heterocycles. The van der Waals surface area contributed by atoms with Crippen molar-refractivity contribution >= 4 is 22.5 Å². The van der Waals surface area contributed by atoms with Crippen LogP contribution in [0.15, 0.2) is 59.7 Å². The molecule has 7 nitrogen and oxygen atoms in total. The van der Waals surface area contributed by atoms with Crippen LogP contribution in [0.25, 0.3) is 16.6 Å². The highest BCUT2D eigenvalue weighted by atomic mass is 19.1. The van der Waals surface area contributed by atoms with E-state index in [0.717, 1.165) is 23.6 Å². The van der Waals surface area contributed by atoms with Crippen LogP contribution in [0.2, 0.25) is 0 Å². The lowest BCUT2D eigenvalue weighted by molar-refractivity contribution is 0.0946. The molecule has 0 radical (unpaired) electrons. The molecule has 1 amide bonds. The summed E-state index contributed by atoms with van der Waals surface area (Å²) in [5.41, 5.74) is 2.02. The summed E-state index contributed by atoms with van der Waals surface area (Å²) >= 11 is 0. The quantitative estimate of drug-likeness (QED) is 0.456. The number of hydrogen-bond donors (Lipinski definition) is 2. The number of fused-ring (bicyclic) bond motifs is 2. The molecule has 0 aliphatic heterocycles. The molecule has 1 aliphatic carbocycles. The Morgan fingerprint density at radius 3 is 2.79 bits per heavy atom. The Morgan fingerprint density at radius 2 is 1.97 bits per heavy atom. The van der Waals surface area contributed by atoms with Crippen molar-refractivity contribution in [1.82, 2.24) is 25.0 Å². The van der Waals surface area contributed by atoms with Gasteiger partial charge >= 0.3 is 0 Å². The first kappa shape index (κ1) is 21.2. The van der Waals surface area contributed by atoms with Crippen molar-refractivity contribution in [2.24, 2.45) is 5.92 Å². The molecular formula is C25H24FN5O2. The Hall–Kier alpha value is -3.65. The number of carbonyl (C=O) groups is 1. The third-order valence-electron chi connectivity index (χ3n) is 6.10. The average molecular weight is 445 g/mol. The molecule has 33 heavy (non-hydrogen) atoms. The number of halogens is 1. The van der Waals surface area contributed by atoms with E-state index in [-0.39, 0.29) is 23.6 Å². The predicted octanol–water partition coefficient (Wildman–Crippen LogP) is 3.20. The van der Waals surface area contributed by atoms with Gasteiger partial charge in [-0.1, -0.05) is 12.5 Å². The van der Waals surface area contributed by atoms with Gasteiger partial charge in [0.2, 0.25) is 0 Å². The highest BCUT2D eigenvalue weighted by Gasteiger charge is 2.16. The van der Waals surface area contributed by atoms with E-state index in [1.54, 1.807) is 30.6 Å². The molecule has 168 valence electrons. The molecule has 5 rings (SSSR count). The zero-order valence-electron chi connectivity index (χ0n) is 18.1. The van der Waals surface area contributed by atoms with Crippen molar-refractivity contribution in [1.29, 1.82) is 0 Å². The van der Waals surface area contributed by atoms with Crippen LogP contribution in [-0.2, 0) is 13.1 Å². The number of pyridine rings is 2. The predicted molar refractivity (Wildman–Crippen MR) is 123 cm³/mol. The molecule has 0 atom stereocenters. The fourth-order valence-corrected chi connectivity index (χ4v) is 4.07. The van der Waals surface area contributed by atoms with Crippen LogP contribution in [0, 0.1) is 11.7 Å². The molecule has 1 aliphatic rings. The number of amides is 1. The molecule has 0 unspecified atom stereocenters. The second-order valence-corrected chi connectivity index (χ2v) is 8.51. The second-order valence-electron chi connectivity index (χ2n) is 8.51. The molecule has 1 saturated carbocycles. The van der Waals surface area contributed by atoms with Crippen LogP contribution < -0.4 is 16.2 Å². The Morgan fingerprint density at radius 1 is 1.12 bits per heavy atom. The largest absolute Gasteiger partial charge is 0.347 e. The first-order valence-corrected chi connectivity index (χ1v) is 11.1. The molecule has 0 spiro atoms. The van der Waals surface area contributed by atoms with Gasteiger partial charge in [-0.2, -0.15) is 0 Å². The maximum Gasteiger partial charge on any atom is 0.270 e. The van der Waals surface area contributed by atoms with Gasteiger partial charge in [0.15, 0.2) is 0 Å². The van der Waals surface area contributed by atoms with E-state index in [2.05, 4.69) is 20.6 Å². The van der Waals surface area contributed by atoms with Gasteiger partial charge in [0, 0.05) is 36.9 Å². The Bertz CT molecular complexity index is 1400. The summed E-state index contributed by atoms with van der Waals surface area (Å²) in [5.74, 6) is -0.0800. The lowest BCUT2D eigenvalue weighted by atomic mass is 9.85. The number of hydrogen-bond acceptors (Lipinski definition) is 5. The van der Waals surface area contributed by atoms with E-state index in [1.165, 1.54) is 35.8 Å². The molecular weight excluding hydrogens is 421 g/mol. The van der Waals surface area contributed by atoms with E-state index < -0.39 is 5.91 Å². The van der Waals surface area contributed by atoms with Crippen LogP contribution >= 0.6 is 0 Å². The Balaban J connectivity index is 1.29. The molecule has 2 N–H and O–H groups in total. The van der Waals surface area contributed by atoms with Gasteiger partial charge < -0.3 is 10.6 Å². The molecule has 0 bridgehead atoms. The minimum absolute atomic E-state index is 0.0471. The van der Waals surface area contributed by atoms with Crippen molar-refractivity contribution in [2.75, 3.05) is 6.54 Å². The van der Waals surface area contributed by atoms with E-state index in [4.69, 9.17) is 0 Å². The van der Waals surface area contributed by atoms with Crippen LogP contribution in [0.5, 0.6) is 0 Å². The number of nitrogens with zero attached hydrogens (tertiary/aromatic N) is 3. The summed E-state index contributed by atoms with van der Waals surface area (Å²) in [4.78, 5) is 33.3. The normalized spacial score (nSPS) is 13.8. The van der Waals surface area contributed by atoms with Gasteiger partial charge in [0.05, 0.1) is 0 Å². The first-order chi connectivity index (χ1) is 16.1. The Labute approximate surface area is 189 Å². The topological polar surface area (TPSA) is 88.4 Å². The number of rotatable bonds is 7. The summed E-state index contributed by atoms with van der Waals surface area (Å²) in [7, 11) is 0. The van der Waals surface area contributed by atoms with Gasteiger partial charge in [-0.15, -0.1) is 0 Å². The SMILES string of the molecule is O=C(NCc1cnc2c(F)cc(CNCC3CCC3)cc2c1)c1cc(=O)n2ccccc2n1. The number of nitrogens with one attached hydrogen (secondary N) is 2. The standard InChI is InChI=1S/C25H24FN5O2/c26-20-10-17(13-27-12-16-4-3-5-16)8-19-9-18(14-28-24(19)20)15-29-25(33)21-11-23(32)31-7-2-1-6-22(31)30-21/h1-2,6-11,14,16,27H,3-5,12-13,15H2,(H,29,33). The maximum absolute atomic E-state index is 14.5. The van der Waals surface area contributed by atoms with Gasteiger partial charge in [0.25, 0.3) is 11.5 Å². The number of benzene rings is 1. The van der Waals surface area contributed by atoms with Crippen molar-refractivity contribution < 1.29 is 9.18 Å². The van der Waals surface area contributed by atoms with Crippen molar-refractivity contribution in [3.8, 4) is 0 Å². The second kappa shape index (κ2) is 9.07. The summed E-state index contributed by atoms with van der Waals surface area (Å²) in [5, 5.41) is 6.86. The van der Waals surface area contributed by atoms with Gasteiger partial charge in [-0.3, -0.25) is 19.0 Å². The molecule has 3 aromatic heterocycles. The van der Waals surface area contributed by atoms with Crippen molar-refractivity contribution in [3.05, 3.63) is 87.9 Å². The van der Waals surface area contributed by atoms with Crippen molar-refractivity contribution in [3.63, 3.8) is 0 Å². The molecule has 1 aromatic carbocycles. The van der Waals surface area contributed by atoms with Crippen LogP contribution in [0.1, 0.15) is 40.9 Å². The van der Waals surface area contributed by atoms with Gasteiger partial charge in [-0.25, -0.2) is 9.37 Å². The first-order valence-electron chi connectivity index (χ1n) is 11.1. The number of carbonyl (C=O) groups excluding carboxylic acids is 1. The molecule has 8 heteroatoms. The fraction of sp³-hybridized carbons (Fsp3) is 0.280. The highest BCUT2D eigenvalue weighted by Crippen LogP contribution is 2.25. The van der Waals surface area contributed by atoms with Crippen LogP contribution in [-0.4, -0.2) is 26.8 Å². The van der Waals surface area contributed by atoms with Crippen LogP contribution in [0.3, 0.4) is 0 Å². The monoisotopic (exact) mass is 445 g/mol. The zero-order valence-corrected chi connectivity index (χ0v) is 18.1. The lowest BCUT2D eigenvalue weighted by Crippen LogP contribution is -2.27. The van der Waals surface area contributed by atoms with E-state index in [1.807, 2.05) is 12.1 Å². The third kappa shape index (κ3) is 4.61. The van der Waals surface area contributed by atoms with Gasteiger partial charge in [-0.05, 0) is 66.8 Å². The van der Waals surface area contributed by atoms with Crippen molar-refractivity contribution in [2.45, 2.75) is 32.4 Å². The summed E-state index contributed by atoms with van der Waals surface area (Å²) in [6.45, 7) is 1.74. The van der Waals surface area contributed by atoms with Crippen LogP contribution in [0.4, 0.5) is 4.39 Å². The fourth-order valence-electron chi connectivity index (χ4n) is 4.07. The third-order valence-corrected chi connectivity index (χ3v) is 6.10.